The van der Waals surface area contributed by atoms with E-state index in [4.69, 9.17) is 5.73 Å². The molecule has 1 aromatic heterocycles. The number of fused-ring (bicyclic) bond motifs is 1. The molecule has 0 spiro atoms. The summed E-state index contributed by atoms with van der Waals surface area (Å²) in [5, 5.41) is 1.24. The van der Waals surface area contributed by atoms with Crippen LogP contribution < -0.4 is 5.73 Å². The van der Waals surface area contributed by atoms with Crippen molar-refractivity contribution in [2.75, 3.05) is 5.73 Å². The zero-order valence-corrected chi connectivity index (χ0v) is 9.45. The highest BCUT2D eigenvalue weighted by Gasteiger charge is 2.07. The molecule has 0 aliphatic heterocycles. The molecule has 0 saturated carbocycles. The molecule has 74 valence electrons. The van der Waals surface area contributed by atoms with Gasteiger partial charge in [-0.2, -0.15) is 0 Å². The van der Waals surface area contributed by atoms with Gasteiger partial charge in [-0.15, -0.1) is 11.3 Å². The molecule has 2 rings (SSSR count). The molecule has 2 aromatic rings. The lowest BCUT2D eigenvalue weighted by molar-refractivity contribution is 1.15. The van der Waals surface area contributed by atoms with E-state index in [0.717, 1.165) is 18.5 Å². The van der Waals surface area contributed by atoms with Crippen LogP contribution in [-0.4, -0.2) is 0 Å². The van der Waals surface area contributed by atoms with Crippen LogP contribution in [0.1, 0.15) is 24.3 Å². The largest absolute Gasteiger partial charge is 0.397 e. The predicted octanol–water partition coefficient (Wildman–Crippen LogP) is 3.61. The van der Waals surface area contributed by atoms with Gasteiger partial charge in [0.2, 0.25) is 0 Å². The Hall–Kier alpha value is -1.02. The minimum Gasteiger partial charge on any atom is -0.397 e. The summed E-state index contributed by atoms with van der Waals surface area (Å²) >= 11 is 1.82. The van der Waals surface area contributed by atoms with Crippen LogP contribution in [0.3, 0.4) is 0 Å². The van der Waals surface area contributed by atoms with Gasteiger partial charge in [0.1, 0.15) is 0 Å². The highest BCUT2D eigenvalue weighted by molar-refractivity contribution is 7.19. The van der Waals surface area contributed by atoms with Crippen LogP contribution in [0, 0.1) is 0 Å². The molecule has 0 amide bonds. The summed E-state index contributed by atoms with van der Waals surface area (Å²) in [7, 11) is 0. The third-order valence-electron chi connectivity index (χ3n) is 2.60. The Balaban J connectivity index is 2.68. The highest BCUT2D eigenvalue weighted by atomic mass is 32.1. The van der Waals surface area contributed by atoms with Gasteiger partial charge in [0.25, 0.3) is 0 Å². The fourth-order valence-corrected chi connectivity index (χ4v) is 2.74. The molecule has 0 aliphatic carbocycles. The first-order valence-corrected chi connectivity index (χ1v) is 5.87. The van der Waals surface area contributed by atoms with Crippen molar-refractivity contribution in [1.29, 1.82) is 0 Å². The van der Waals surface area contributed by atoms with E-state index in [2.05, 4.69) is 32.0 Å². The number of hydrogen-bond acceptors (Lipinski definition) is 2. The summed E-state index contributed by atoms with van der Waals surface area (Å²) in [5.41, 5.74) is 8.44. The monoisotopic (exact) mass is 205 g/mol. The second kappa shape index (κ2) is 3.62. The Bertz CT molecular complexity index is 457. The van der Waals surface area contributed by atoms with Crippen molar-refractivity contribution in [2.24, 2.45) is 0 Å². The first kappa shape index (κ1) is 9.53. The molecule has 0 radical (unpaired) electrons. The van der Waals surface area contributed by atoms with Gasteiger partial charge < -0.3 is 5.73 Å². The van der Waals surface area contributed by atoms with E-state index < -0.39 is 0 Å². The molecule has 0 aliphatic rings. The van der Waals surface area contributed by atoms with Crippen LogP contribution in [0.2, 0.25) is 0 Å². The quantitative estimate of drug-likeness (QED) is 0.796. The van der Waals surface area contributed by atoms with Gasteiger partial charge in [-0.1, -0.05) is 19.9 Å². The summed E-state index contributed by atoms with van der Waals surface area (Å²) < 4.78 is 1.32. The molecule has 0 saturated heterocycles. The van der Waals surface area contributed by atoms with Crippen molar-refractivity contribution in [1.82, 2.24) is 0 Å². The van der Waals surface area contributed by atoms with Crippen LogP contribution in [-0.2, 0) is 12.8 Å². The molecule has 0 bridgehead atoms. The average molecular weight is 205 g/mol. The molecule has 14 heavy (non-hydrogen) atoms. The number of aryl methyl sites for hydroxylation is 2. The third kappa shape index (κ3) is 1.40. The summed E-state index contributed by atoms with van der Waals surface area (Å²) in [6, 6.07) is 6.60. The number of thiophene rings is 1. The van der Waals surface area contributed by atoms with Gasteiger partial charge in [-0.3, -0.25) is 0 Å². The first-order chi connectivity index (χ1) is 6.76. The Kier molecular flexibility index (Phi) is 2.46. The van der Waals surface area contributed by atoms with Crippen molar-refractivity contribution < 1.29 is 0 Å². The van der Waals surface area contributed by atoms with Gasteiger partial charge in [0.05, 0.1) is 5.69 Å². The standard InChI is InChI=1S/C12H15NS/c1-3-8-5-6-11-9(7-8)12(13)10(4-2)14-11/h5-7H,3-4,13H2,1-2H3. The van der Waals surface area contributed by atoms with Crippen molar-refractivity contribution in [3.63, 3.8) is 0 Å². The van der Waals surface area contributed by atoms with Crippen molar-refractivity contribution in [3.05, 3.63) is 28.6 Å². The molecule has 1 nitrogen and oxygen atoms in total. The van der Waals surface area contributed by atoms with Gasteiger partial charge in [0.15, 0.2) is 0 Å². The number of anilines is 1. The molecule has 2 heteroatoms. The minimum absolute atomic E-state index is 0.989. The molecule has 0 fully saturated rings. The van der Waals surface area contributed by atoms with Crippen LogP contribution >= 0.6 is 11.3 Å². The second-order valence-electron chi connectivity index (χ2n) is 3.48. The van der Waals surface area contributed by atoms with E-state index >= 15 is 0 Å². The predicted molar refractivity (Wildman–Crippen MR) is 65.0 cm³/mol. The van der Waals surface area contributed by atoms with Crippen molar-refractivity contribution >= 4 is 27.1 Å². The molecule has 0 atom stereocenters. The lowest BCUT2D eigenvalue weighted by Crippen LogP contribution is -1.87. The smallest absolute Gasteiger partial charge is 0.0535 e. The fourth-order valence-electron chi connectivity index (χ4n) is 1.70. The Morgan fingerprint density at radius 2 is 2.00 bits per heavy atom. The van der Waals surface area contributed by atoms with Crippen molar-refractivity contribution in [3.8, 4) is 0 Å². The molecule has 1 aromatic carbocycles. The van der Waals surface area contributed by atoms with Gasteiger partial charge in [0, 0.05) is 15.0 Å². The lowest BCUT2D eigenvalue weighted by atomic mass is 10.1. The van der Waals surface area contributed by atoms with Gasteiger partial charge >= 0.3 is 0 Å². The lowest BCUT2D eigenvalue weighted by Gasteiger charge is -1.97. The Morgan fingerprint density at radius 1 is 1.21 bits per heavy atom. The first-order valence-electron chi connectivity index (χ1n) is 5.06. The molecular formula is C12H15NS. The maximum atomic E-state index is 6.08. The normalized spacial score (nSPS) is 11.0. The summed E-state index contributed by atoms with van der Waals surface area (Å²) in [4.78, 5) is 1.31. The Morgan fingerprint density at radius 3 is 2.64 bits per heavy atom. The molecular weight excluding hydrogens is 190 g/mol. The maximum absolute atomic E-state index is 6.08. The van der Waals surface area contributed by atoms with E-state index in [1.165, 1.54) is 20.5 Å². The highest BCUT2D eigenvalue weighted by Crippen LogP contribution is 2.34. The summed E-state index contributed by atoms with van der Waals surface area (Å²) in [6.45, 7) is 4.33. The van der Waals surface area contributed by atoms with Crippen LogP contribution in [0.15, 0.2) is 18.2 Å². The molecule has 0 unspecified atom stereocenters. The average Bonchev–Trinajstić information content (AvgIpc) is 2.55. The number of nitrogen functional groups attached to an aromatic ring is 1. The minimum atomic E-state index is 0.989. The van der Waals surface area contributed by atoms with E-state index in [9.17, 15) is 0 Å². The van der Waals surface area contributed by atoms with Gasteiger partial charge in [-0.05, 0) is 30.5 Å². The summed E-state index contributed by atoms with van der Waals surface area (Å²) in [5.74, 6) is 0. The maximum Gasteiger partial charge on any atom is 0.0535 e. The molecule has 2 N–H and O–H groups in total. The number of rotatable bonds is 2. The molecule has 1 heterocycles. The van der Waals surface area contributed by atoms with Crippen LogP contribution in [0.5, 0.6) is 0 Å². The van der Waals surface area contributed by atoms with E-state index in [-0.39, 0.29) is 0 Å². The van der Waals surface area contributed by atoms with Crippen molar-refractivity contribution in [2.45, 2.75) is 26.7 Å². The second-order valence-corrected chi connectivity index (χ2v) is 4.61. The number of nitrogens with two attached hydrogens (primary N) is 1. The van der Waals surface area contributed by atoms with E-state index in [1.807, 2.05) is 11.3 Å². The fraction of sp³-hybridized carbons (Fsp3) is 0.333. The van der Waals surface area contributed by atoms with E-state index in [0.29, 0.717) is 0 Å². The Labute approximate surface area is 88.6 Å². The third-order valence-corrected chi connectivity index (χ3v) is 3.93. The van der Waals surface area contributed by atoms with E-state index in [1.54, 1.807) is 0 Å². The zero-order chi connectivity index (χ0) is 10.1. The van der Waals surface area contributed by atoms with Crippen LogP contribution in [0.4, 0.5) is 5.69 Å². The number of hydrogen-bond donors (Lipinski definition) is 1. The SMILES string of the molecule is CCc1ccc2sc(CC)c(N)c2c1. The van der Waals surface area contributed by atoms with Crippen LogP contribution in [0.25, 0.3) is 10.1 Å². The topological polar surface area (TPSA) is 26.0 Å². The van der Waals surface area contributed by atoms with Gasteiger partial charge in [-0.25, -0.2) is 0 Å². The zero-order valence-electron chi connectivity index (χ0n) is 8.63. The number of benzene rings is 1. The summed E-state index contributed by atoms with van der Waals surface area (Å²) in [6.07, 6.45) is 2.11.